The van der Waals surface area contributed by atoms with E-state index in [1.807, 2.05) is 43.3 Å². The molecule has 0 fully saturated rings. The van der Waals surface area contributed by atoms with Gasteiger partial charge in [0.2, 0.25) is 5.91 Å². The van der Waals surface area contributed by atoms with Crippen LogP contribution in [0.4, 0.5) is 0 Å². The first kappa shape index (κ1) is 15.0. The molecule has 4 nitrogen and oxygen atoms in total. The monoisotopic (exact) mass is 306 g/mol. The number of rotatable bonds is 4. The van der Waals surface area contributed by atoms with Crippen molar-refractivity contribution >= 4 is 5.91 Å². The van der Waals surface area contributed by atoms with Gasteiger partial charge in [0, 0.05) is 11.8 Å². The third-order valence-corrected chi connectivity index (χ3v) is 3.92. The maximum atomic E-state index is 11.2. The van der Waals surface area contributed by atoms with Gasteiger partial charge >= 0.3 is 0 Å². The molecule has 1 unspecified atom stereocenters. The number of furan rings is 1. The minimum Gasteiger partial charge on any atom is -0.466 e. The van der Waals surface area contributed by atoms with E-state index in [0.29, 0.717) is 5.56 Å². The fourth-order valence-corrected chi connectivity index (χ4v) is 2.52. The van der Waals surface area contributed by atoms with Gasteiger partial charge in [-0.2, -0.15) is 0 Å². The van der Waals surface area contributed by atoms with Crippen LogP contribution in [0.2, 0.25) is 0 Å². The zero-order valence-corrected chi connectivity index (χ0v) is 13.1. The Hall–Kier alpha value is -2.88. The molecule has 4 heteroatoms. The Morgan fingerprint density at radius 2 is 1.83 bits per heavy atom. The number of nitrogens with zero attached hydrogens (tertiary/aromatic N) is 1. The molecule has 0 saturated carbocycles. The molecule has 1 aromatic carbocycles. The second-order valence-electron chi connectivity index (χ2n) is 5.58. The summed E-state index contributed by atoms with van der Waals surface area (Å²) in [7, 11) is 0. The number of carbonyl (C=O) groups is 1. The molecule has 0 aliphatic carbocycles. The van der Waals surface area contributed by atoms with Gasteiger partial charge in [-0.1, -0.05) is 12.1 Å². The van der Waals surface area contributed by atoms with Crippen molar-refractivity contribution in [3.63, 3.8) is 0 Å². The van der Waals surface area contributed by atoms with Crippen molar-refractivity contribution in [2.24, 2.45) is 5.73 Å². The summed E-state index contributed by atoms with van der Waals surface area (Å²) in [5, 5.41) is 0. The van der Waals surface area contributed by atoms with Gasteiger partial charge in [0.25, 0.3) is 0 Å². The van der Waals surface area contributed by atoms with Crippen molar-refractivity contribution < 1.29 is 9.21 Å². The van der Waals surface area contributed by atoms with Crippen molar-refractivity contribution in [3.8, 4) is 11.1 Å². The molecule has 2 heterocycles. The molecular weight excluding hydrogens is 288 g/mol. The lowest BCUT2D eigenvalue weighted by Gasteiger charge is -2.10. The average Bonchev–Trinajstić information content (AvgIpc) is 3.01. The van der Waals surface area contributed by atoms with Gasteiger partial charge in [0.05, 0.1) is 11.6 Å². The van der Waals surface area contributed by atoms with E-state index in [-0.39, 0.29) is 5.92 Å². The molecule has 0 spiro atoms. The quantitative estimate of drug-likeness (QED) is 0.794. The van der Waals surface area contributed by atoms with E-state index >= 15 is 0 Å². The van der Waals surface area contributed by atoms with Gasteiger partial charge in [-0.05, 0) is 61.4 Å². The normalized spacial score (nSPS) is 12.1. The SMILES string of the molecule is Cc1ccc(C(C)c2cc(-c3ccc(C(N)=O)cc3)ccn2)o1. The second-order valence-corrected chi connectivity index (χ2v) is 5.58. The molecule has 2 aromatic heterocycles. The molecule has 23 heavy (non-hydrogen) atoms. The molecule has 3 rings (SSSR count). The van der Waals surface area contributed by atoms with Crippen LogP contribution in [0.25, 0.3) is 11.1 Å². The zero-order chi connectivity index (χ0) is 16.4. The molecule has 0 bridgehead atoms. The van der Waals surface area contributed by atoms with Crippen molar-refractivity contribution in [1.82, 2.24) is 4.98 Å². The molecule has 2 N–H and O–H groups in total. The van der Waals surface area contributed by atoms with E-state index in [0.717, 1.165) is 28.3 Å². The highest BCUT2D eigenvalue weighted by atomic mass is 16.3. The van der Waals surface area contributed by atoms with Crippen LogP contribution in [0.5, 0.6) is 0 Å². The topological polar surface area (TPSA) is 69.1 Å². The number of benzene rings is 1. The van der Waals surface area contributed by atoms with Gasteiger partial charge in [-0.3, -0.25) is 9.78 Å². The number of aryl methyl sites for hydroxylation is 1. The number of pyridine rings is 1. The highest BCUT2D eigenvalue weighted by molar-refractivity contribution is 5.93. The number of hydrogen-bond acceptors (Lipinski definition) is 3. The second kappa shape index (κ2) is 6.08. The lowest BCUT2D eigenvalue weighted by atomic mass is 9.99. The summed E-state index contributed by atoms with van der Waals surface area (Å²) >= 11 is 0. The number of carbonyl (C=O) groups excluding carboxylic acids is 1. The zero-order valence-electron chi connectivity index (χ0n) is 13.1. The molecule has 0 aliphatic heterocycles. The molecule has 116 valence electrons. The number of hydrogen-bond donors (Lipinski definition) is 1. The minimum atomic E-state index is -0.422. The van der Waals surface area contributed by atoms with E-state index in [4.69, 9.17) is 10.2 Å². The molecule has 1 amide bonds. The Balaban J connectivity index is 1.91. The summed E-state index contributed by atoms with van der Waals surface area (Å²) in [6.07, 6.45) is 1.79. The fraction of sp³-hybridized carbons (Fsp3) is 0.158. The minimum absolute atomic E-state index is 0.0774. The number of nitrogens with two attached hydrogens (primary N) is 1. The maximum absolute atomic E-state index is 11.2. The standard InChI is InChI=1S/C19H18N2O2/c1-12-3-8-18(23-12)13(2)17-11-16(9-10-21-17)14-4-6-15(7-5-14)19(20)22/h3-11,13H,1-2H3,(H2,20,22). The fourth-order valence-electron chi connectivity index (χ4n) is 2.52. The molecule has 0 aliphatic rings. The Morgan fingerprint density at radius 3 is 2.43 bits per heavy atom. The van der Waals surface area contributed by atoms with Crippen molar-refractivity contribution in [3.05, 3.63) is 77.5 Å². The van der Waals surface area contributed by atoms with Crippen molar-refractivity contribution in [2.45, 2.75) is 19.8 Å². The summed E-state index contributed by atoms with van der Waals surface area (Å²) in [6.45, 7) is 4.00. The third-order valence-electron chi connectivity index (χ3n) is 3.92. The van der Waals surface area contributed by atoms with Gasteiger partial charge in [-0.15, -0.1) is 0 Å². The number of primary amides is 1. The lowest BCUT2D eigenvalue weighted by molar-refractivity contribution is 0.100. The van der Waals surface area contributed by atoms with Gasteiger partial charge < -0.3 is 10.2 Å². The summed E-state index contributed by atoms with van der Waals surface area (Å²) in [5.74, 6) is 1.45. The van der Waals surface area contributed by atoms with Crippen LogP contribution >= 0.6 is 0 Å². The van der Waals surface area contributed by atoms with Gasteiger partial charge in [-0.25, -0.2) is 0 Å². The first-order valence-electron chi connectivity index (χ1n) is 7.47. The van der Waals surface area contributed by atoms with E-state index in [1.165, 1.54) is 0 Å². The predicted octanol–water partition coefficient (Wildman–Crippen LogP) is 3.90. The molecule has 0 radical (unpaired) electrons. The highest BCUT2D eigenvalue weighted by Crippen LogP contribution is 2.27. The maximum Gasteiger partial charge on any atom is 0.248 e. The van der Waals surface area contributed by atoms with E-state index in [1.54, 1.807) is 18.3 Å². The first-order chi connectivity index (χ1) is 11.0. The number of aromatic nitrogens is 1. The van der Waals surface area contributed by atoms with Crippen LogP contribution in [0.15, 0.2) is 59.1 Å². The Morgan fingerprint density at radius 1 is 1.09 bits per heavy atom. The van der Waals surface area contributed by atoms with Gasteiger partial charge in [0.15, 0.2) is 0 Å². The lowest BCUT2D eigenvalue weighted by Crippen LogP contribution is -2.10. The Kier molecular flexibility index (Phi) is 3.98. The van der Waals surface area contributed by atoms with E-state index in [9.17, 15) is 4.79 Å². The number of amides is 1. The van der Waals surface area contributed by atoms with Gasteiger partial charge in [0.1, 0.15) is 11.5 Å². The van der Waals surface area contributed by atoms with Crippen LogP contribution in [0.1, 0.15) is 40.4 Å². The first-order valence-corrected chi connectivity index (χ1v) is 7.47. The molecular formula is C19H18N2O2. The molecule has 1 atom stereocenters. The largest absolute Gasteiger partial charge is 0.466 e. The summed E-state index contributed by atoms with van der Waals surface area (Å²) in [6, 6.07) is 15.2. The smallest absolute Gasteiger partial charge is 0.248 e. The summed E-state index contributed by atoms with van der Waals surface area (Å²) in [5.41, 5.74) is 8.77. The Labute approximate surface area is 135 Å². The Bertz CT molecular complexity index is 835. The van der Waals surface area contributed by atoms with Crippen LogP contribution in [-0.4, -0.2) is 10.9 Å². The summed E-state index contributed by atoms with van der Waals surface area (Å²) in [4.78, 5) is 15.6. The van der Waals surface area contributed by atoms with Crippen LogP contribution < -0.4 is 5.73 Å². The molecule has 3 aromatic rings. The summed E-state index contributed by atoms with van der Waals surface area (Å²) < 4.78 is 5.70. The van der Waals surface area contributed by atoms with E-state index < -0.39 is 5.91 Å². The van der Waals surface area contributed by atoms with E-state index in [2.05, 4.69) is 11.9 Å². The van der Waals surface area contributed by atoms with Crippen LogP contribution in [0, 0.1) is 6.92 Å². The van der Waals surface area contributed by atoms with Crippen LogP contribution in [-0.2, 0) is 0 Å². The predicted molar refractivity (Wildman–Crippen MR) is 89.2 cm³/mol. The van der Waals surface area contributed by atoms with Crippen molar-refractivity contribution in [1.29, 1.82) is 0 Å². The van der Waals surface area contributed by atoms with Crippen molar-refractivity contribution in [2.75, 3.05) is 0 Å². The molecule has 0 saturated heterocycles. The average molecular weight is 306 g/mol. The highest BCUT2D eigenvalue weighted by Gasteiger charge is 2.14. The third kappa shape index (κ3) is 3.16. The van der Waals surface area contributed by atoms with Crippen LogP contribution in [0.3, 0.4) is 0 Å².